The molecule has 0 amide bonds. The minimum Gasteiger partial charge on any atom is -0.454 e. The van der Waals surface area contributed by atoms with E-state index < -0.39 is 0 Å². The van der Waals surface area contributed by atoms with Gasteiger partial charge in [0.05, 0.1) is 6.04 Å². The van der Waals surface area contributed by atoms with Crippen molar-refractivity contribution in [1.29, 1.82) is 0 Å². The van der Waals surface area contributed by atoms with Crippen LogP contribution in [0.4, 0.5) is 0 Å². The number of benzene rings is 1. The number of rotatable bonds is 6. The highest BCUT2D eigenvalue weighted by atomic mass is 16.7. The van der Waals surface area contributed by atoms with Gasteiger partial charge in [0.15, 0.2) is 11.5 Å². The first-order valence-electron chi connectivity index (χ1n) is 8.00. The number of hydrogen-bond acceptors (Lipinski definition) is 6. The standard InChI is InChI=1S/C17H23N3O3/c1-10(2)7-16-19-20-17(23-16)12(4)18-11(3)13-5-6-14-15(8-13)22-9-21-14/h5-6,8,10-12,18H,7,9H2,1-4H3/t11-,12-/m0/s1. The molecule has 0 saturated carbocycles. The molecule has 1 aliphatic rings. The van der Waals surface area contributed by atoms with Gasteiger partial charge in [-0.3, -0.25) is 5.32 Å². The van der Waals surface area contributed by atoms with Crippen LogP contribution in [0.1, 0.15) is 57.1 Å². The molecule has 1 aromatic carbocycles. The van der Waals surface area contributed by atoms with E-state index >= 15 is 0 Å². The van der Waals surface area contributed by atoms with Crippen LogP contribution >= 0.6 is 0 Å². The van der Waals surface area contributed by atoms with Gasteiger partial charge >= 0.3 is 0 Å². The van der Waals surface area contributed by atoms with Crippen LogP contribution in [0.5, 0.6) is 11.5 Å². The summed E-state index contributed by atoms with van der Waals surface area (Å²) in [6.45, 7) is 8.67. The first kappa shape index (κ1) is 15.8. The van der Waals surface area contributed by atoms with Crippen molar-refractivity contribution in [2.45, 2.75) is 46.2 Å². The van der Waals surface area contributed by atoms with Crippen LogP contribution < -0.4 is 14.8 Å². The van der Waals surface area contributed by atoms with Gasteiger partial charge in [-0.2, -0.15) is 0 Å². The summed E-state index contributed by atoms with van der Waals surface area (Å²) in [7, 11) is 0. The summed E-state index contributed by atoms with van der Waals surface area (Å²) >= 11 is 0. The van der Waals surface area contributed by atoms with Gasteiger partial charge in [0.1, 0.15) is 0 Å². The van der Waals surface area contributed by atoms with Gasteiger partial charge in [0.25, 0.3) is 0 Å². The fraction of sp³-hybridized carbons (Fsp3) is 0.529. The summed E-state index contributed by atoms with van der Waals surface area (Å²) in [6.07, 6.45) is 0.803. The van der Waals surface area contributed by atoms with E-state index in [1.807, 2.05) is 25.1 Å². The molecule has 6 heteroatoms. The number of ether oxygens (including phenoxy) is 2. The maximum Gasteiger partial charge on any atom is 0.233 e. The van der Waals surface area contributed by atoms with Gasteiger partial charge in [0.2, 0.25) is 18.6 Å². The molecule has 124 valence electrons. The quantitative estimate of drug-likeness (QED) is 0.880. The summed E-state index contributed by atoms with van der Waals surface area (Å²) in [6, 6.07) is 6.08. The first-order valence-corrected chi connectivity index (χ1v) is 8.00. The van der Waals surface area contributed by atoms with Crippen molar-refractivity contribution in [3.05, 3.63) is 35.5 Å². The van der Waals surface area contributed by atoms with Crippen molar-refractivity contribution in [2.75, 3.05) is 6.79 Å². The molecule has 1 aromatic heterocycles. The summed E-state index contributed by atoms with van der Waals surface area (Å²) in [5.41, 5.74) is 1.13. The largest absolute Gasteiger partial charge is 0.454 e. The molecule has 2 heterocycles. The minimum atomic E-state index is -0.0242. The molecule has 0 spiro atoms. The topological polar surface area (TPSA) is 69.4 Å². The van der Waals surface area contributed by atoms with Crippen molar-refractivity contribution in [3.8, 4) is 11.5 Å². The predicted molar refractivity (Wildman–Crippen MR) is 85.4 cm³/mol. The molecule has 23 heavy (non-hydrogen) atoms. The second-order valence-electron chi connectivity index (χ2n) is 6.35. The lowest BCUT2D eigenvalue weighted by molar-refractivity contribution is 0.174. The van der Waals surface area contributed by atoms with Crippen LogP contribution in [-0.4, -0.2) is 17.0 Å². The van der Waals surface area contributed by atoms with Crippen molar-refractivity contribution in [2.24, 2.45) is 5.92 Å². The molecule has 2 aromatic rings. The second-order valence-corrected chi connectivity index (χ2v) is 6.35. The van der Waals surface area contributed by atoms with E-state index in [-0.39, 0.29) is 18.9 Å². The second kappa shape index (κ2) is 6.58. The van der Waals surface area contributed by atoms with Crippen molar-refractivity contribution >= 4 is 0 Å². The van der Waals surface area contributed by atoms with Gasteiger partial charge in [-0.1, -0.05) is 19.9 Å². The minimum absolute atomic E-state index is 0.0242. The van der Waals surface area contributed by atoms with E-state index in [9.17, 15) is 0 Å². The summed E-state index contributed by atoms with van der Waals surface area (Å²) in [5, 5.41) is 11.7. The molecule has 0 bridgehead atoms. The average Bonchev–Trinajstić information content (AvgIpc) is 3.14. The molecule has 0 saturated heterocycles. The lowest BCUT2D eigenvalue weighted by atomic mass is 10.1. The lowest BCUT2D eigenvalue weighted by Gasteiger charge is -2.18. The molecule has 1 aliphatic heterocycles. The van der Waals surface area contributed by atoms with Gasteiger partial charge in [-0.05, 0) is 37.5 Å². The zero-order valence-corrected chi connectivity index (χ0v) is 14.0. The zero-order chi connectivity index (χ0) is 16.4. The summed E-state index contributed by atoms with van der Waals surface area (Å²) in [5.74, 6) is 3.40. The molecule has 0 radical (unpaired) electrons. The number of aromatic nitrogens is 2. The van der Waals surface area contributed by atoms with E-state index in [1.54, 1.807) is 0 Å². The third-order valence-corrected chi connectivity index (χ3v) is 3.83. The Morgan fingerprint density at radius 1 is 1.04 bits per heavy atom. The molecule has 0 unspecified atom stereocenters. The highest BCUT2D eigenvalue weighted by Crippen LogP contribution is 2.34. The number of fused-ring (bicyclic) bond motifs is 1. The highest BCUT2D eigenvalue weighted by Gasteiger charge is 2.20. The Hall–Kier alpha value is -2.08. The van der Waals surface area contributed by atoms with Crippen molar-refractivity contribution < 1.29 is 13.9 Å². The SMILES string of the molecule is CC(C)Cc1nnc([C@H](C)N[C@@H](C)c2ccc3c(c2)OCO3)o1. The van der Waals surface area contributed by atoms with E-state index in [0.29, 0.717) is 17.7 Å². The van der Waals surface area contributed by atoms with Gasteiger partial charge < -0.3 is 13.9 Å². The molecule has 0 aliphatic carbocycles. The Labute approximate surface area is 136 Å². The summed E-state index contributed by atoms with van der Waals surface area (Å²) < 4.78 is 16.5. The molecule has 2 atom stereocenters. The van der Waals surface area contributed by atoms with Crippen LogP contribution in [0.2, 0.25) is 0 Å². The van der Waals surface area contributed by atoms with E-state index in [0.717, 1.165) is 23.5 Å². The normalized spacial score (nSPS) is 15.9. The third-order valence-electron chi connectivity index (χ3n) is 3.83. The molecule has 3 rings (SSSR count). The van der Waals surface area contributed by atoms with Crippen LogP contribution in [0.3, 0.4) is 0 Å². The molecule has 1 N–H and O–H groups in total. The average molecular weight is 317 g/mol. The van der Waals surface area contributed by atoms with Crippen LogP contribution in [0.15, 0.2) is 22.6 Å². The fourth-order valence-electron chi connectivity index (χ4n) is 2.60. The molecular formula is C17H23N3O3. The Bertz CT molecular complexity index is 669. The van der Waals surface area contributed by atoms with Gasteiger partial charge in [0, 0.05) is 12.5 Å². The lowest BCUT2D eigenvalue weighted by Crippen LogP contribution is -2.22. The monoisotopic (exact) mass is 317 g/mol. The third kappa shape index (κ3) is 3.64. The number of nitrogens with one attached hydrogen (secondary N) is 1. The maximum atomic E-state index is 5.74. The van der Waals surface area contributed by atoms with Crippen LogP contribution in [0.25, 0.3) is 0 Å². The maximum absolute atomic E-state index is 5.74. The zero-order valence-electron chi connectivity index (χ0n) is 14.0. The van der Waals surface area contributed by atoms with Crippen LogP contribution in [-0.2, 0) is 6.42 Å². The van der Waals surface area contributed by atoms with Crippen LogP contribution in [0, 0.1) is 5.92 Å². The number of nitrogens with zero attached hydrogens (tertiary/aromatic N) is 2. The van der Waals surface area contributed by atoms with E-state index in [2.05, 4.69) is 36.3 Å². The van der Waals surface area contributed by atoms with Crippen molar-refractivity contribution in [3.63, 3.8) is 0 Å². The first-order chi connectivity index (χ1) is 11.0. The van der Waals surface area contributed by atoms with E-state index in [1.165, 1.54) is 0 Å². The Morgan fingerprint density at radius 3 is 2.61 bits per heavy atom. The molecular weight excluding hydrogens is 294 g/mol. The Morgan fingerprint density at radius 2 is 1.83 bits per heavy atom. The Balaban J connectivity index is 1.65. The smallest absolute Gasteiger partial charge is 0.233 e. The highest BCUT2D eigenvalue weighted by molar-refractivity contribution is 5.45. The molecule has 0 fully saturated rings. The van der Waals surface area contributed by atoms with E-state index in [4.69, 9.17) is 13.9 Å². The van der Waals surface area contributed by atoms with Gasteiger partial charge in [-0.25, -0.2) is 0 Å². The van der Waals surface area contributed by atoms with Crippen molar-refractivity contribution in [1.82, 2.24) is 15.5 Å². The fourth-order valence-corrected chi connectivity index (χ4v) is 2.60. The number of hydrogen-bond donors (Lipinski definition) is 1. The van der Waals surface area contributed by atoms with Gasteiger partial charge in [-0.15, -0.1) is 10.2 Å². The predicted octanol–water partition coefficient (Wildman–Crippen LogP) is 3.41. The molecule has 6 nitrogen and oxygen atoms in total. The Kier molecular flexibility index (Phi) is 4.52. The summed E-state index contributed by atoms with van der Waals surface area (Å²) in [4.78, 5) is 0.